The van der Waals surface area contributed by atoms with Crippen molar-refractivity contribution in [3.63, 3.8) is 0 Å². The van der Waals surface area contributed by atoms with Gasteiger partial charge < -0.3 is 13.7 Å². The second-order valence-electron chi connectivity index (χ2n) is 5.99. The molecule has 0 unspecified atom stereocenters. The highest BCUT2D eigenvalue weighted by Gasteiger charge is 2.52. The van der Waals surface area contributed by atoms with Gasteiger partial charge in [0.1, 0.15) is 5.76 Å². The molecule has 4 nitrogen and oxygen atoms in total. The maximum absolute atomic E-state index is 11.7. The fourth-order valence-electron chi connectivity index (χ4n) is 2.01. The molecule has 0 atom stereocenters. The molecule has 1 aromatic rings. The number of hydrogen-bond donors (Lipinski definition) is 0. The molecule has 0 radical (unpaired) electrons. The van der Waals surface area contributed by atoms with E-state index in [1.54, 1.807) is 6.07 Å². The van der Waals surface area contributed by atoms with Crippen molar-refractivity contribution in [2.45, 2.75) is 59.2 Å². The number of rotatable bonds is 3. The summed E-state index contributed by atoms with van der Waals surface area (Å²) in [5.41, 5.74) is 0.0162. The van der Waals surface area contributed by atoms with E-state index in [4.69, 9.17) is 13.7 Å². The number of furan rings is 1. The van der Waals surface area contributed by atoms with Gasteiger partial charge in [-0.3, -0.25) is 4.79 Å². The summed E-state index contributed by atoms with van der Waals surface area (Å²) in [5, 5.41) is 0. The number of carbonyl (C=O) groups excluding carboxylic acids is 1. The van der Waals surface area contributed by atoms with E-state index in [9.17, 15) is 4.79 Å². The van der Waals surface area contributed by atoms with Gasteiger partial charge in [-0.25, -0.2) is 0 Å². The lowest BCUT2D eigenvalue weighted by Crippen LogP contribution is -2.41. The molecular weight excluding hydrogens is 243 g/mol. The van der Waals surface area contributed by atoms with E-state index in [1.165, 1.54) is 0 Å². The van der Waals surface area contributed by atoms with Crippen molar-refractivity contribution in [2.24, 2.45) is 0 Å². The van der Waals surface area contributed by atoms with Gasteiger partial charge in [0.2, 0.25) is 0 Å². The first-order chi connectivity index (χ1) is 8.68. The summed E-state index contributed by atoms with van der Waals surface area (Å²) < 4.78 is 17.4. The van der Waals surface area contributed by atoms with Gasteiger partial charge >= 0.3 is 7.12 Å². The molecule has 19 heavy (non-hydrogen) atoms. The van der Waals surface area contributed by atoms with Crippen LogP contribution >= 0.6 is 0 Å². The molecule has 5 heteroatoms. The molecule has 0 amide bonds. The molecule has 0 bridgehead atoms. The molecule has 0 N–H and O–H groups in total. The van der Waals surface area contributed by atoms with Gasteiger partial charge in [0.15, 0.2) is 11.5 Å². The van der Waals surface area contributed by atoms with Gasteiger partial charge in [0.25, 0.3) is 0 Å². The molecule has 2 heterocycles. The van der Waals surface area contributed by atoms with Gasteiger partial charge in [-0.05, 0) is 40.7 Å². The monoisotopic (exact) mass is 264 g/mol. The van der Waals surface area contributed by atoms with Crippen molar-refractivity contribution < 1.29 is 18.5 Å². The number of hydrogen-bond acceptors (Lipinski definition) is 4. The molecule has 1 aromatic heterocycles. The second kappa shape index (κ2) is 4.49. The Bertz CT molecular complexity index is 486. The van der Waals surface area contributed by atoms with Crippen molar-refractivity contribution >= 4 is 18.4 Å². The summed E-state index contributed by atoms with van der Waals surface area (Å²) in [7, 11) is -0.479. The summed E-state index contributed by atoms with van der Waals surface area (Å²) >= 11 is 0. The van der Waals surface area contributed by atoms with Crippen molar-refractivity contribution in [1.29, 1.82) is 0 Å². The largest absolute Gasteiger partial charge is 0.498 e. The first-order valence-corrected chi connectivity index (χ1v) is 6.67. The Morgan fingerprint density at radius 2 is 1.74 bits per heavy atom. The lowest BCUT2D eigenvalue weighted by Gasteiger charge is -2.32. The van der Waals surface area contributed by atoms with Crippen LogP contribution in [0.5, 0.6) is 0 Å². The van der Waals surface area contributed by atoms with Crippen LogP contribution in [0, 0.1) is 6.92 Å². The lowest BCUT2D eigenvalue weighted by molar-refractivity contribution is 0.00578. The zero-order valence-electron chi connectivity index (χ0n) is 12.5. The highest BCUT2D eigenvalue weighted by Crippen LogP contribution is 2.36. The van der Waals surface area contributed by atoms with Crippen LogP contribution in [-0.2, 0) is 9.31 Å². The fraction of sp³-hybridized carbons (Fsp3) is 0.643. The van der Waals surface area contributed by atoms with E-state index in [2.05, 4.69) is 0 Å². The first kappa shape index (κ1) is 14.3. The number of Topliss-reactive ketones (excluding diaryl/α,β-unsaturated/α-hetero) is 1. The predicted molar refractivity (Wildman–Crippen MR) is 73.8 cm³/mol. The average molecular weight is 264 g/mol. The van der Waals surface area contributed by atoms with Crippen molar-refractivity contribution in [3.8, 4) is 0 Å². The Morgan fingerprint density at radius 3 is 2.21 bits per heavy atom. The molecule has 0 spiro atoms. The number of ketones is 1. The first-order valence-electron chi connectivity index (χ1n) is 6.67. The van der Waals surface area contributed by atoms with E-state index in [0.29, 0.717) is 17.9 Å². The van der Waals surface area contributed by atoms with Gasteiger partial charge in [-0.2, -0.15) is 0 Å². The van der Waals surface area contributed by atoms with Crippen LogP contribution < -0.4 is 5.46 Å². The highest BCUT2D eigenvalue weighted by atomic mass is 16.7. The second-order valence-corrected chi connectivity index (χ2v) is 5.99. The smallest absolute Gasteiger partial charge is 0.459 e. The molecule has 1 saturated heterocycles. The van der Waals surface area contributed by atoms with Crippen LogP contribution in [0.15, 0.2) is 10.5 Å². The maximum Gasteiger partial charge on any atom is 0.498 e. The third-order valence-corrected chi connectivity index (χ3v) is 4.06. The minimum absolute atomic E-state index is 0.00846. The summed E-state index contributed by atoms with van der Waals surface area (Å²) in [6, 6.07) is 1.74. The third kappa shape index (κ3) is 2.37. The van der Waals surface area contributed by atoms with Crippen LogP contribution in [0.25, 0.3) is 0 Å². The summed E-state index contributed by atoms with van der Waals surface area (Å²) in [6.07, 6.45) is 0.426. The molecule has 1 fully saturated rings. The summed E-state index contributed by atoms with van der Waals surface area (Å²) in [6.45, 7) is 11.6. The summed E-state index contributed by atoms with van der Waals surface area (Å²) in [4.78, 5) is 11.7. The van der Waals surface area contributed by atoms with E-state index in [0.717, 1.165) is 5.46 Å². The molecule has 0 aliphatic carbocycles. The van der Waals surface area contributed by atoms with Crippen LogP contribution in [0.1, 0.15) is 57.4 Å². The molecular formula is C14H21BO4. The van der Waals surface area contributed by atoms with Crippen molar-refractivity contribution in [3.05, 3.63) is 17.6 Å². The number of aryl methyl sites for hydroxylation is 1. The minimum Gasteiger partial charge on any atom is -0.459 e. The Kier molecular flexibility index (Phi) is 3.39. The molecule has 104 valence electrons. The Labute approximate surface area is 114 Å². The van der Waals surface area contributed by atoms with Crippen LogP contribution in [-0.4, -0.2) is 24.1 Å². The minimum atomic E-state index is -0.479. The molecule has 1 aliphatic heterocycles. The zero-order chi connectivity index (χ0) is 14.4. The Balaban J connectivity index is 2.30. The molecule has 2 rings (SSSR count). The van der Waals surface area contributed by atoms with Crippen molar-refractivity contribution in [1.82, 2.24) is 0 Å². The fourth-order valence-corrected chi connectivity index (χ4v) is 2.01. The standard InChI is InChI=1S/C14H21BO4/c1-7-11(16)12-8-10(9(2)17-12)15-18-13(3,4)14(5,6)19-15/h8H,7H2,1-6H3. The number of carbonyl (C=O) groups is 1. The molecule has 0 saturated carbocycles. The Hall–Kier alpha value is -1.07. The highest BCUT2D eigenvalue weighted by molar-refractivity contribution is 6.62. The van der Waals surface area contributed by atoms with E-state index < -0.39 is 18.3 Å². The Morgan fingerprint density at radius 1 is 1.21 bits per heavy atom. The third-order valence-electron chi connectivity index (χ3n) is 4.06. The van der Waals surface area contributed by atoms with Crippen LogP contribution in [0.4, 0.5) is 0 Å². The van der Waals surface area contributed by atoms with Gasteiger partial charge in [0, 0.05) is 11.9 Å². The van der Waals surface area contributed by atoms with Gasteiger partial charge in [-0.15, -0.1) is 0 Å². The van der Waals surface area contributed by atoms with Gasteiger partial charge in [0.05, 0.1) is 11.2 Å². The predicted octanol–water partition coefficient (Wildman–Crippen LogP) is 2.48. The lowest BCUT2D eigenvalue weighted by atomic mass is 9.79. The quantitative estimate of drug-likeness (QED) is 0.621. The van der Waals surface area contributed by atoms with Crippen LogP contribution in [0.3, 0.4) is 0 Å². The van der Waals surface area contributed by atoms with Crippen molar-refractivity contribution in [2.75, 3.05) is 0 Å². The molecule has 1 aliphatic rings. The van der Waals surface area contributed by atoms with E-state index in [1.807, 2.05) is 41.5 Å². The summed E-state index contributed by atoms with van der Waals surface area (Å²) in [5.74, 6) is 1.05. The van der Waals surface area contributed by atoms with Gasteiger partial charge in [-0.1, -0.05) is 6.92 Å². The zero-order valence-corrected chi connectivity index (χ0v) is 12.5. The topological polar surface area (TPSA) is 48.7 Å². The van der Waals surface area contributed by atoms with E-state index in [-0.39, 0.29) is 5.78 Å². The maximum atomic E-state index is 11.7. The SMILES string of the molecule is CCC(=O)c1cc(B2OC(C)(C)C(C)(C)O2)c(C)o1. The van der Waals surface area contributed by atoms with Crippen LogP contribution in [0.2, 0.25) is 0 Å². The normalized spacial score (nSPS) is 20.8. The molecule has 0 aromatic carbocycles. The average Bonchev–Trinajstić information content (AvgIpc) is 2.77. The van der Waals surface area contributed by atoms with E-state index >= 15 is 0 Å².